The molecule has 0 aromatic carbocycles. The normalized spacial score (nSPS) is 35.1. The second-order valence-electron chi connectivity index (χ2n) is 2.70. The smallest absolute Gasteiger partial charge is 0.114 e. The summed E-state index contributed by atoms with van der Waals surface area (Å²) in [6.07, 6.45) is -0.0268. The van der Waals surface area contributed by atoms with Gasteiger partial charge in [-0.1, -0.05) is 0 Å². The molecule has 1 aliphatic rings. The average molecular weight is 259 g/mol. The van der Waals surface area contributed by atoms with Crippen molar-refractivity contribution in [3.05, 3.63) is 0 Å². The number of likely N-dealkylation sites (tertiary alicyclic amines) is 1. The Morgan fingerprint density at radius 3 is 2.90 bits per heavy atom. The standard InChI is InChI=1S/C6H11FINO/c1-9-3-5(7)2-6(9)4-10-8/h5-6H,2-4H2,1H3/t5-,6-/m0/s1. The van der Waals surface area contributed by atoms with Gasteiger partial charge in [-0.3, -0.25) is 4.90 Å². The maximum Gasteiger partial charge on any atom is 0.114 e. The number of hydrogen-bond donors (Lipinski definition) is 0. The summed E-state index contributed by atoms with van der Waals surface area (Å²) in [6, 6.07) is 0.284. The summed E-state index contributed by atoms with van der Waals surface area (Å²) < 4.78 is 17.6. The molecule has 60 valence electrons. The van der Waals surface area contributed by atoms with E-state index in [4.69, 9.17) is 3.07 Å². The number of alkyl halides is 1. The summed E-state index contributed by atoms with van der Waals surface area (Å²) in [5.74, 6) is 0. The Kier molecular flexibility index (Phi) is 3.32. The summed E-state index contributed by atoms with van der Waals surface area (Å²) in [6.45, 7) is 1.20. The van der Waals surface area contributed by atoms with Crippen LogP contribution in [0.2, 0.25) is 0 Å². The van der Waals surface area contributed by atoms with Gasteiger partial charge < -0.3 is 3.07 Å². The molecule has 0 aromatic rings. The van der Waals surface area contributed by atoms with Crippen LogP contribution in [0, 0.1) is 0 Å². The van der Waals surface area contributed by atoms with Crippen molar-refractivity contribution in [2.75, 3.05) is 20.2 Å². The van der Waals surface area contributed by atoms with Crippen LogP contribution in [-0.2, 0) is 3.07 Å². The Hall–Kier alpha value is 0.580. The van der Waals surface area contributed by atoms with Crippen LogP contribution in [0.3, 0.4) is 0 Å². The van der Waals surface area contributed by atoms with E-state index >= 15 is 0 Å². The van der Waals surface area contributed by atoms with Gasteiger partial charge in [-0.2, -0.15) is 0 Å². The topological polar surface area (TPSA) is 12.5 Å². The molecule has 0 spiro atoms. The summed E-state index contributed by atoms with van der Waals surface area (Å²) in [4.78, 5) is 2.00. The van der Waals surface area contributed by atoms with Gasteiger partial charge >= 0.3 is 0 Å². The maximum absolute atomic E-state index is 12.6. The zero-order chi connectivity index (χ0) is 7.56. The van der Waals surface area contributed by atoms with Gasteiger partial charge in [-0.05, 0) is 13.5 Å². The first-order chi connectivity index (χ1) is 4.74. The Morgan fingerprint density at radius 1 is 1.80 bits per heavy atom. The van der Waals surface area contributed by atoms with Gasteiger partial charge in [0.05, 0.1) is 6.61 Å². The zero-order valence-corrected chi connectivity index (χ0v) is 8.04. The fourth-order valence-electron chi connectivity index (χ4n) is 1.28. The summed E-state index contributed by atoms with van der Waals surface area (Å²) in [5, 5.41) is 0. The highest BCUT2D eigenvalue weighted by molar-refractivity contribution is 14.1. The van der Waals surface area contributed by atoms with E-state index in [0.29, 0.717) is 19.6 Å². The first-order valence-corrected chi connectivity index (χ1v) is 4.20. The van der Waals surface area contributed by atoms with Gasteiger partial charge in [0.2, 0.25) is 0 Å². The van der Waals surface area contributed by atoms with Crippen molar-refractivity contribution in [2.24, 2.45) is 0 Å². The molecule has 0 N–H and O–H groups in total. The van der Waals surface area contributed by atoms with Crippen molar-refractivity contribution in [1.82, 2.24) is 4.90 Å². The van der Waals surface area contributed by atoms with Crippen molar-refractivity contribution in [3.63, 3.8) is 0 Å². The van der Waals surface area contributed by atoms with Crippen LogP contribution < -0.4 is 0 Å². The Labute approximate surface area is 74.4 Å². The predicted octanol–water partition coefficient (Wildman–Crippen LogP) is 1.40. The average Bonchev–Trinajstić information content (AvgIpc) is 2.13. The van der Waals surface area contributed by atoms with Crippen LogP contribution in [0.4, 0.5) is 4.39 Å². The molecule has 10 heavy (non-hydrogen) atoms. The first-order valence-electron chi connectivity index (χ1n) is 3.32. The zero-order valence-electron chi connectivity index (χ0n) is 5.89. The van der Waals surface area contributed by atoms with E-state index in [9.17, 15) is 4.39 Å². The van der Waals surface area contributed by atoms with Gasteiger partial charge in [-0.15, -0.1) is 0 Å². The molecule has 1 fully saturated rings. The lowest BCUT2D eigenvalue weighted by Crippen LogP contribution is -2.28. The predicted molar refractivity (Wildman–Crippen MR) is 45.9 cm³/mol. The molecular formula is C6H11FINO. The van der Waals surface area contributed by atoms with Crippen molar-refractivity contribution < 1.29 is 7.46 Å². The van der Waals surface area contributed by atoms with Gasteiger partial charge in [-0.25, -0.2) is 4.39 Å². The van der Waals surface area contributed by atoms with Crippen LogP contribution in [-0.4, -0.2) is 37.3 Å². The van der Waals surface area contributed by atoms with E-state index in [-0.39, 0.29) is 6.04 Å². The SMILES string of the molecule is CN1C[C@@H](F)C[C@H]1COI. The molecule has 4 heteroatoms. The largest absolute Gasteiger partial charge is 0.314 e. The highest BCUT2D eigenvalue weighted by atomic mass is 127. The minimum Gasteiger partial charge on any atom is -0.314 e. The quantitative estimate of drug-likeness (QED) is 0.695. The summed E-state index contributed by atoms with van der Waals surface area (Å²) >= 11 is 1.85. The highest BCUT2D eigenvalue weighted by Gasteiger charge is 2.28. The van der Waals surface area contributed by atoms with E-state index in [1.54, 1.807) is 0 Å². The Balaban J connectivity index is 2.31. The first kappa shape index (κ1) is 8.67. The molecule has 1 rings (SSSR count). The molecule has 2 nitrogen and oxygen atoms in total. The van der Waals surface area contributed by atoms with Crippen molar-refractivity contribution in [2.45, 2.75) is 18.6 Å². The molecule has 0 bridgehead atoms. The van der Waals surface area contributed by atoms with Gasteiger partial charge in [0.25, 0.3) is 0 Å². The minimum atomic E-state index is -0.651. The molecule has 1 aliphatic heterocycles. The number of likely N-dealkylation sites (N-methyl/N-ethyl adjacent to an activating group) is 1. The lowest BCUT2D eigenvalue weighted by molar-refractivity contribution is 0.236. The van der Waals surface area contributed by atoms with Crippen LogP contribution in [0.5, 0.6) is 0 Å². The van der Waals surface area contributed by atoms with Crippen molar-refractivity contribution >= 4 is 23.0 Å². The third-order valence-corrected chi connectivity index (χ3v) is 2.25. The minimum absolute atomic E-state index is 0.284. The third kappa shape index (κ3) is 2.03. The molecule has 0 saturated carbocycles. The van der Waals surface area contributed by atoms with Crippen LogP contribution in [0.15, 0.2) is 0 Å². The van der Waals surface area contributed by atoms with E-state index in [2.05, 4.69) is 0 Å². The van der Waals surface area contributed by atoms with Gasteiger partial charge in [0.1, 0.15) is 29.2 Å². The maximum atomic E-state index is 12.6. The molecule has 0 unspecified atom stereocenters. The molecule has 1 heterocycles. The monoisotopic (exact) mass is 259 g/mol. The Morgan fingerprint density at radius 2 is 2.50 bits per heavy atom. The molecule has 0 aliphatic carbocycles. The van der Waals surface area contributed by atoms with Gasteiger partial charge in [0.15, 0.2) is 0 Å². The lowest BCUT2D eigenvalue weighted by Gasteiger charge is -2.16. The van der Waals surface area contributed by atoms with Crippen LogP contribution >= 0.6 is 23.0 Å². The number of rotatable bonds is 2. The number of halogens is 2. The second-order valence-corrected chi connectivity index (χ2v) is 3.32. The molecule has 0 amide bonds. The van der Waals surface area contributed by atoms with E-state index in [1.165, 1.54) is 0 Å². The summed E-state index contributed by atoms with van der Waals surface area (Å²) in [5.41, 5.74) is 0. The third-order valence-electron chi connectivity index (χ3n) is 1.89. The Bertz CT molecular complexity index is 114. The molecular weight excluding hydrogens is 248 g/mol. The fraction of sp³-hybridized carbons (Fsp3) is 1.00. The van der Waals surface area contributed by atoms with Crippen molar-refractivity contribution in [1.29, 1.82) is 0 Å². The van der Waals surface area contributed by atoms with E-state index in [0.717, 1.165) is 0 Å². The van der Waals surface area contributed by atoms with Crippen molar-refractivity contribution in [3.8, 4) is 0 Å². The number of nitrogens with zero attached hydrogens (tertiary/aromatic N) is 1. The fourth-order valence-corrected chi connectivity index (χ4v) is 1.69. The second kappa shape index (κ2) is 3.82. The summed E-state index contributed by atoms with van der Waals surface area (Å²) in [7, 11) is 1.93. The number of hydrogen-bond acceptors (Lipinski definition) is 2. The molecule has 0 aromatic heterocycles. The van der Waals surface area contributed by atoms with E-state index in [1.807, 2.05) is 35.0 Å². The van der Waals surface area contributed by atoms with Crippen LogP contribution in [0.1, 0.15) is 6.42 Å². The molecule has 1 saturated heterocycles. The van der Waals surface area contributed by atoms with Crippen LogP contribution in [0.25, 0.3) is 0 Å². The molecule has 0 radical (unpaired) electrons. The van der Waals surface area contributed by atoms with Gasteiger partial charge in [0, 0.05) is 12.6 Å². The van der Waals surface area contributed by atoms with E-state index < -0.39 is 6.17 Å². The molecule has 2 atom stereocenters. The lowest BCUT2D eigenvalue weighted by atomic mass is 10.2. The highest BCUT2D eigenvalue weighted by Crippen LogP contribution is 2.18.